The van der Waals surface area contributed by atoms with Gasteiger partial charge in [0, 0.05) is 23.6 Å². The molecule has 6 nitrogen and oxygen atoms in total. The zero-order valence-electron chi connectivity index (χ0n) is 14.8. The molecule has 1 unspecified atom stereocenters. The number of aromatic amines is 1. The van der Waals surface area contributed by atoms with E-state index in [9.17, 15) is 4.79 Å². The second-order valence-electron chi connectivity index (χ2n) is 6.40. The van der Waals surface area contributed by atoms with Crippen molar-refractivity contribution >= 4 is 28.6 Å². The van der Waals surface area contributed by atoms with Crippen molar-refractivity contribution in [2.24, 2.45) is 0 Å². The molecule has 26 heavy (non-hydrogen) atoms. The van der Waals surface area contributed by atoms with Gasteiger partial charge >= 0.3 is 0 Å². The van der Waals surface area contributed by atoms with Crippen LogP contribution in [-0.4, -0.2) is 33.4 Å². The van der Waals surface area contributed by atoms with Gasteiger partial charge in [-0.15, -0.1) is 0 Å². The molecule has 1 aromatic carbocycles. The topological polar surface area (TPSA) is 77.1 Å². The van der Waals surface area contributed by atoms with Crippen molar-refractivity contribution in [2.75, 3.05) is 6.61 Å². The van der Waals surface area contributed by atoms with E-state index in [2.05, 4.69) is 15.0 Å². The fourth-order valence-electron chi connectivity index (χ4n) is 3.00. The number of thioether (sulfide) groups is 1. The predicted molar refractivity (Wildman–Crippen MR) is 100 cm³/mol. The number of aryl methyl sites for hydroxylation is 1. The lowest BCUT2D eigenvalue weighted by atomic mass is 10.0. The molecule has 0 saturated carbocycles. The van der Waals surface area contributed by atoms with E-state index in [1.165, 1.54) is 0 Å². The molecule has 134 valence electrons. The Balaban J connectivity index is 1.57. The Morgan fingerprint density at radius 1 is 1.42 bits per heavy atom. The number of imidazole rings is 1. The minimum absolute atomic E-state index is 0.0412. The van der Waals surface area contributed by atoms with E-state index in [-0.39, 0.29) is 11.9 Å². The SMILES string of the molecule is CC(=O)c1cc2nc(SCc3nccc4c3OCC(C)O4)[nH]c2cc1C. The molecule has 3 heterocycles. The summed E-state index contributed by atoms with van der Waals surface area (Å²) in [4.78, 5) is 24.0. The minimum atomic E-state index is 0.0412. The molecule has 7 heteroatoms. The molecular weight excluding hydrogens is 350 g/mol. The fraction of sp³-hybridized carbons (Fsp3) is 0.316. The Labute approximate surface area is 155 Å². The molecule has 1 atom stereocenters. The number of ketones is 1. The van der Waals surface area contributed by atoms with Gasteiger partial charge in [0.05, 0.1) is 16.7 Å². The maximum atomic E-state index is 11.7. The molecule has 1 aliphatic heterocycles. The van der Waals surface area contributed by atoms with Gasteiger partial charge in [0.1, 0.15) is 12.7 Å². The van der Waals surface area contributed by atoms with E-state index in [1.54, 1.807) is 24.9 Å². The standard InChI is InChI=1S/C19H19N3O3S/c1-10-6-14-15(7-13(10)12(3)23)22-19(21-14)26-9-16-18-17(4-5-20-16)25-11(2)8-24-18/h4-7,11H,8-9H2,1-3H3,(H,21,22). The van der Waals surface area contributed by atoms with Gasteiger partial charge in [0.25, 0.3) is 0 Å². The molecule has 4 rings (SSSR count). The summed E-state index contributed by atoms with van der Waals surface area (Å²) in [7, 11) is 0. The predicted octanol–water partition coefficient (Wildman–Crippen LogP) is 3.92. The average molecular weight is 369 g/mol. The number of pyridine rings is 1. The van der Waals surface area contributed by atoms with Crippen LogP contribution in [0.1, 0.15) is 35.5 Å². The quantitative estimate of drug-likeness (QED) is 0.555. The number of Topliss-reactive ketones (excluding diaryl/α,β-unsaturated/α-hetero) is 1. The molecule has 3 aromatic rings. The van der Waals surface area contributed by atoms with Gasteiger partial charge in [-0.1, -0.05) is 11.8 Å². The second-order valence-corrected chi connectivity index (χ2v) is 7.36. The highest BCUT2D eigenvalue weighted by atomic mass is 32.2. The zero-order valence-corrected chi connectivity index (χ0v) is 15.6. The van der Waals surface area contributed by atoms with Crippen LogP contribution >= 0.6 is 11.8 Å². The molecule has 1 N–H and O–H groups in total. The molecular formula is C19H19N3O3S. The lowest BCUT2D eigenvalue weighted by molar-refractivity contribution is 0.101. The number of ether oxygens (including phenoxy) is 2. The van der Waals surface area contributed by atoms with E-state index in [0.29, 0.717) is 23.7 Å². The summed E-state index contributed by atoms with van der Waals surface area (Å²) in [6.07, 6.45) is 1.77. The number of benzene rings is 1. The summed E-state index contributed by atoms with van der Waals surface area (Å²) in [6, 6.07) is 5.63. The number of H-pyrrole nitrogens is 1. The molecule has 2 aromatic heterocycles. The number of carbonyl (C=O) groups is 1. The highest BCUT2D eigenvalue weighted by molar-refractivity contribution is 7.98. The largest absolute Gasteiger partial charge is 0.484 e. The van der Waals surface area contributed by atoms with Gasteiger partial charge in [-0.25, -0.2) is 4.98 Å². The van der Waals surface area contributed by atoms with Crippen molar-refractivity contribution in [3.8, 4) is 11.5 Å². The average Bonchev–Trinajstić information content (AvgIpc) is 3.00. The number of nitrogens with one attached hydrogen (secondary N) is 1. The Bertz CT molecular complexity index is 999. The number of rotatable bonds is 4. The number of aromatic nitrogens is 3. The van der Waals surface area contributed by atoms with Gasteiger partial charge in [-0.05, 0) is 38.5 Å². The lowest BCUT2D eigenvalue weighted by Crippen LogP contribution is -2.26. The molecule has 0 spiro atoms. The van der Waals surface area contributed by atoms with Crippen LogP contribution in [0.25, 0.3) is 11.0 Å². The van der Waals surface area contributed by atoms with Crippen molar-refractivity contribution < 1.29 is 14.3 Å². The first-order chi connectivity index (χ1) is 12.5. The lowest BCUT2D eigenvalue weighted by Gasteiger charge is -2.24. The van der Waals surface area contributed by atoms with E-state index in [4.69, 9.17) is 9.47 Å². The van der Waals surface area contributed by atoms with E-state index >= 15 is 0 Å². The molecule has 0 fully saturated rings. The summed E-state index contributed by atoms with van der Waals surface area (Å²) in [6.45, 7) is 6.00. The fourth-order valence-corrected chi connectivity index (χ4v) is 3.82. The number of hydrogen-bond donors (Lipinski definition) is 1. The number of nitrogens with zero attached hydrogens (tertiary/aromatic N) is 2. The van der Waals surface area contributed by atoms with Crippen LogP contribution in [0.5, 0.6) is 11.5 Å². The molecule has 0 amide bonds. The summed E-state index contributed by atoms with van der Waals surface area (Å²) in [5.74, 6) is 2.11. The van der Waals surface area contributed by atoms with Gasteiger partial charge < -0.3 is 14.5 Å². The van der Waals surface area contributed by atoms with Crippen molar-refractivity contribution in [1.82, 2.24) is 15.0 Å². The van der Waals surface area contributed by atoms with Crippen LogP contribution in [-0.2, 0) is 5.75 Å². The zero-order chi connectivity index (χ0) is 18.3. The van der Waals surface area contributed by atoms with Crippen molar-refractivity contribution in [3.05, 3.63) is 41.2 Å². The summed E-state index contributed by atoms with van der Waals surface area (Å²) in [5.41, 5.74) is 4.20. The Morgan fingerprint density at radius 3 is 3.08 bits per heavy atom. The van der Waals surface area contributed by atoms with Gasteiger partial charge in [-0.2, -0.15) is 0 Å². The van der Waals surface area contributed by atoms with Crippen LogP contribution in [0.15, 0.2) is 29.6 Å². The second kappa shape index (κ2) is 6.64. The summed E-state index contributed by atoms with van der Waals surface area (Å²) < 4.78 is 11.6. The highest BCUT2D eigenvalue weighted by Crippen LogP contribution is 2.36. The third kappa shape index (κ3) is 3.14. The maximum absolute atomic E-state index is 11.7. The summed E-state index contributed by atoms with van der Waals surface area (Å²) in [5, 5.41) is 0.782. The Kier molecular flexibility index (Phi) is 4.32. The number of hydrogen-bond acceptors (Lipinski definition) is 6. The van der Waals surface area contributed by atoms with Crippen LogP contribution in [0, 0.1) is 6.92 Å². The van der Waals surface area contributed by atoms with Crippen LogP contribution in [0.3, 0.4) is 0 Å². The highest BCUT2D eigenvalue weighted by Gasteiger charge is 2.21. The van der Waals surface area contributed by atoms with Gasteiger partial charge in [0.15, 0.2) is 22.4 Å². The van der Waals surface area contributed by atoms with Crippen LogP contribution in [0.2, 0.25) is 0 Å². The number of fused-ring (bicyclic) bond motifs is 2. The minimum Gasteiger partial charge on any atom is -0.484 e. The molecule has 0 radical (unpaired) electrons. The van der Waals surface area contributed by atoms with Crippen molar-refractivity contribution in [3.63, 3.8) is 0 Å². The Morgan fingerprint density at radius 2 is 2.27 bits per heavy atom. The first kappa shape index (κ1) is 16.9. The van der Waals surface area contributed by atoms with Gasteiger partial charge in [-0.3, -0.25) is 9.78 Å². The summed E-state index contributed by atoms with van der Waals surface area (Å²) >= 11 is 1.54. The maximum Gasteiger partial charge on any atom is 0.183 e. The van der Waals surface area contributed by atoms with E-state index in [0.717, 1.165) is 33.2 Å². The third-order valence-electron chi connectivity index (χ3n) is 4.26. The normalized spacial score (nSPS) is 16.0. The molecule has 1 aliphatic rings. The molecule has 0 aliphatic carbocycles. The van der Waals surface area contributed by atoms with Gasteiger partial charge in [0.2, 0.25) is 0 Å². The first-order valence-electron chi connectivity index (χ1n) is 8.42. The van der Waals surface area contributed by atoms with E-state index in [1.807, 2.05) is 32.0 Å². The first-order valence-corrected chi connectivity index (χ1v) is 9.41. The number of carbonyl (C=O) groups excluding carboxylic acids is 1. The van der Waals surface area contributed by atoms with Crippen molar-refractivity contribution in [1.29, 1.82) is 0 Å². The Hall–Kier alpha value is -2.54. The van der Waals surface area contributed by atoms with Crippen LogP contribution < -0.4 is 9.47 Å². The third-order valence-corrected chi connectivity index (χ3v) is 5.15. The monoisotopic (exact) mass is 369 g/mol. The van der Waals surface area contributed by atoms with E-state index < -0.39 is 0 Å². The smallest absolute Gasteiger partial charge is 0.183 e. The molecule has 0 saturated heterocycles. The van der Waals surface area contributed by atoms with Crippen molar-refractivity contribution in [2.45, 2.75) is 37.8 Å². The molecule has 0 bridgehead atoms. The van der Waals surface area contributed by atoms with Crippen LogP contribution in [0.4, 0.5) is 0 Å².